The lowest BCUT2D eigenvalue weighted by Gasteiger charge is -2.34. The van der Waals surface area contributed by atoms with Crippen molar-refractivity contribution < 1.29 is 0 Å². The minimum Gasteiger partial charge on any atom is -0.366 e. The summed E-state index contributed by atoms with van der Waals surface area (Å²) in [6.07, 6.45) is 4.86. The Morgan fingerprint density at radius 3 is 2.95 bits per heavy atom. The molecule has 0 aromatic carbocycles. The summed E-state index contributed by atoms with van der Waals surface area (Å²) in [5, 5.41) is 8.06. The van der Waals surface area contributed by atoms with Crippen molar-refractivity contribution in [1.82, 2.24) is 19.8 Å². The number of rotatable bonds is 3. The van der Waals surface area contributed by atoms with Crippen molar-refractivity contribution in [3.63, 3.8) is 0 Å². The SMILES string of the molecule is C=CNC1=C(C)C(c2cc3ccc(C)cn3n2)N(C)CC1. The number of likely N-dealkylation sites (N-methyl/N-ethyl adjacent to an activating group) is 1. The summed E-state index contributed by atoms with van der Waals surface area (Å²) < 4.78 is 1.97. The zero-order valence-corrected chi connectivity index (χ0v) is 12.9. The summed E-state index contributed by atoms with van der Waals surface area (Å²) in [5.74, 6) is 0. The molecule has 0 saturated heterocycles. The quantitative estimate of drug-likeness (QED) is 0.939. The lowest BCUT2D eigenvalue weighted by Crippen LogP contribution is -2.34. The molecule has 1 aliphatic heterocycles. The molecule has 3 heterocycles. The van der Waals surface area contributed by atoms with E-state index in [1.54, 1.807) is 6.20 Å². The third-order valence-corrected chi connectivity index (χ3v) is 4.22. The molecule has 1 unspecified atom stereocenters. The van der Waals surface area contributed by atoms with E-state index in [0.717, 1.165) is 24.2 Å². The fourth-order valence-corrected chi connectivity index (χ4v) is 3.11. The highest BCUT2D eigenvalue weighted by atomic mass is 15.3. The van der Waals surface area contributed by atoms with Gasteiger partial charge in [0, 0.05) is 24.9 Å². The first kappa shape index (κ1) is 13.9. The molecule has 0 spiro atoms. The smallest absolute Gasteiger partial charge is 0.0849 e. The molecule has 3 rings (SSSR count). The van der Waals surface area contributed by atoms with Gasteiger partial charge in [0.25, 0.3) is 0 Å². The molecule has 21 heavy (non-hydrogen) atoms. The van der Waals surface area contributed by atoms with E-state index < -0.39 is 0 Å². The Morgan fingerprint density at radius 2 is 2.19 bits per heavy atom. The van der Waals surface area contributed by atoms with Crippen LogP contribution in [-0.4, -0.2) is 28.1 Å². The molecule has 1 atom stereocenters. The van der Waals surface area contributed by atoms with E-state index in [9.17, 15) is 0 Å². The van der Waals surface area contributed by atoms with Crippen LogP contribution in [0, 0.1) is 6.92 Å². The van der Waals surface area contributed by atoms with Gasteiger partial charge < -0.3 is 5.32 Å². The zero-order chi connectivity index (χ0) is 15.0. The highest BCUT2D eigenvalue weighted by Gasteiger charge is 2.27. The van der Waals surface area contributed by atoms with Crippen LogP contribution in [0.3, 0.4) is 0 Å². The van der Waals surface area contributed by atoms with Crippen molar-refractivity contribution in [2.45, 2.75) is 26.3 Å². The molecule has 0 radical (unpaired) electrons. The molecular weight excluding hydrogens is 260 g/mol. The molecule has 2 aromatic heterocycles. The number of hydrogen-bond acceptors (Lipinski definition) is 3. The fraction of sp³-hybridized carbons (Fsp3) is 0.353. The Labute approximate surface area is 125 Å². The van der Waals surface area contributed by atoms with E-state index in [2.05, 4.69) is 62.1 Å². The lowest BCUT2D eigenvalue weighted by molar-refractivity contribution is 0.253. The van der Waals surface area contributed by atoms with Crippen LogP contribution in [0.5, 0.6) is 0 Å². The van der Waals surface area contributed by atoms with E-state index in [1.165, 1.54) is 16.8 Å². The first-order valence-electron chi connectivity index (χ1n) is 7.33. The number of fused-ring (bicyclic) bond motifs is 1. The highest BCUT2D eigenvalue weighted by molar-refractivity contribution is 5.49. The van der Waals surface area contributed by atoms with Gasteiger partial charge in [-0.05, 0) is 50.4 Å². The van der Waals surface area contributed by atoms with Crippen LogP contribution in [0.2, 0.25) is 0 Å². The fourth-order valence-electron chi connectivity index (χ4n) is 3.11. The Bertz CT molecular complexity index is 711. The number of aromatic nitrogens is 2. The van der Waals surface area contributed by atoms with Gasteiger partial charge in [0.2, 0.25) is 0 Å². The van der Waals surface area contributed by atoms with Crippen molar-refractivity contribution in [3.05, 3.63) is 59.7 Å². The molecule has 0 bridgehead atoms. The van der Waals surface area contributed by atoms with Gasteiger partial charge in [-0.25, -0.2) is 4.52 Å². The predicted octanol–water partition coefficient (Wildman–Crippen LogP) is 3.03. The maximum absolute atomic E-state index is 4.78. The number of nitrogens with zero attached hydrogens (tertiary/aromatic N) is 3. The third-order valence-electron chi connectivity index (χ3n) is 4.22. The number of aryl methyl sites for hydroxylation is 1. The van der Waals surface area contributed by atoms with Gasteiger partial charge in [-0.2, -0.15) is 5.10 Å². The average molecular weight is 282 g/mol. The van der Waals surface area contributed by atoms with Gasteiger partial charge in [0.05, 0.1) is 17.3 Å². The van der Waals surface area contributed by atoms with Crippen LogP contribution in [-0.2, 0) is 0 Å². The number of hydrogen-bond donors (Lipinski definition) is 1. The molecule has 0 fully saturated rings. The minimum atomic E-state index is 0.224. The normalized spacial score (nSPS) is 20.0. The standard InChI is InChI=1S/C17H22N4/c1-5-18-15-8-9-20(4)17(13(15)3)16-10-14-7-6-12(2)11-21(14)19-16/h5-7,10-11,17-18H,1,8-9H2,2-4H3. The van der Waals surface area contributed by atoms with Gasteiger partial charge in [0.15, 0.2) is 0 Å². The molecule has 0 aliphatic carbocycles. The molecule has 1 N–H and O–H groups in total. The summed E-state index contributed by atoms with van der Waals surface area (Å²) in [5.41, 5.74) is 6.05. The molecule has 1 aliphatic rings. The van der Waals surface area contributed by atoms with E-state index >= 15 is 0 Å². The topological polar surface area (TPSA) is 32.6 Å². The van der Waals surface area contributed by atoms with Crippen LogP contribution in [0.15, 0.2) is 48.4 Å². The maximum Gasteiger partial charge on any atom is 0.0849 e. The molecule has 0 saturated carbocycles. The molecule has 2 aromatic rings. The van der Waals surface area contributed by atoms with Gasteiger partial charge in [-0.15, -0.1) is 0 Å². The first-order valence-corrected chi connectivity index (χ1v) is 7.33. The van der Waals surface area contributed by atoms with Crippen LogP contribution in [0.1, 0.15) is 30.6 Å². The second-order valence-corrected chi connectivity index (χ2v) is 5.79. The van der Waals surface area contributed by atoms with E-state index in [4.69, 9.17) is 5.10 Å². The van der Waals surface area contributed by atoms with E-state index in [1.807, 2.05) is 4.52 Å². The minimum absolute atomic E-state index is 0.224. The first-order chi connectivity index (χ1) is 10.1. The lowest BCUT2D eigenvalue weighted by atomic mass is 9.96. The Morgan fingerprint density at radius 1 is 1.38 bits per heavy atom. The van der Waals surface area contributed by atoms with Gasteiger partial charge in [-0.1, -0.05) is 12.6 Å². The Balaban J connectivity index is 2.06. The molecule has 4 heteroatoms. The van der Waals surface area contributed by atoms with Gasteiger partial charge in [-0.3, -0.25) is 4.90 Å². The zero-order valence-electron chi connectivity index (χ0n) is 12.9. The van der Waals surface area contributed by atoms with Crippen LogP contribution in [0.25, 0.3) is 5.52 Å². The van der Waals surface area contributed by atoms with Crippen molar-refractivity contribution in [2.75, 3.05) is 13.6 Å². The number of pyridine rings is 1. The molecule has 0 amide bonds. The van der Waals surface area contributed by atoms with Crippen molar-refractivity contribution in [2.24, 2.45) is 0 Å². The molecule has 110 valence electrons. The highest BCUT2D eigenvalue weighted by Crippen LogP contribution is 2.33. The summed E-state index contributed by atoms with van der Waals surface area (Å²) in [4.78, 5) is 2.36. The monoisotopic (exact) mass is 282 g/mol. The predicted molar refractivity (Wildman–Crippen MR) is 85.9 cm³/mol. The van der Waals surface area contributed by atoms with E-state index in [0.29, 0.717) is 0 Å². The summed E-state index contributed by atoms with van der Waals surface area (Å²) in [6, 6.07) is 6.65. The second kappa shape index (κ2) is 5.37. The second-order valence-electron chi connectivity index (χ2n) is 5.79. The van der Waals surface area contributed by atoms with E-state index in [-0.39, 0.29) is 6.04 Å². The van der Waals surface area contributed by atoms with Crippen molar-refractivity contribution in [1.29, 1.82) is 0 Å². The number of nitrogens with one attached hydrogen (secondary N) is 1. The van der Waals surface area contributed by atoms with Crippen LogP contribution < -0.4 is 5.32 Å². The van der Waals surface area contributed by atoms with Crippen molar-refractivity contribution in [3.8, 4) is 0 Å². The van der Waals surface area contributed by atoms with Gasteiger partial charge in [0.1, 0.15) is 0 Å². The Kier molecular flexibility index (Phi) is 3.55. The van der Waals surface area contributed by atoms with Crippen LogP contribution >= 0.6 is 0 Å². The average Bonchev–Trinajstić information content (AvgIpc) is 2.84. The molecule has 4 nitrogen and oxygen atoms in total. The van der Waals surface area contributed by atoms with Gasteiger partial charge >= 0.3 is 0 Å². The largest absolute Gasteiger partial charge is 0.366 e. The Hall–Kier alpha value is -2.07. The molecular formula is C17H22N4. The van der Waals surface area contributed by atoms with Crippen molar-refractivity contribution >= 4 is 5.52 Å². The summed E-state index contributed by atoms with van der Waals surface area (Å²) in [6.45, 7) is 9.06. The third kappa shape index (κ3) is 2.47. The maximum atomic E-state index is 4.78. The van der Waals surface area contributed by atoms with Crippen LogP contribution in [0.4, 0.5) is 0 Å². The summed E-state index contributed by atoms with van der Waals surface area (Å²) in [7, 11) is 2.16. The summed E-state index contributed by atoms with van der Waals surface area (Å²) >= 11 is 0.